The second-order valence-corrected chi connectivity index (χ2v) is 6.59. The van der Waals surface area contributed by atoms with Crippen LogP contribution in [0.5, 0.6) is 0 Å². The lowest BCUT2D eigenvalue weighted by Gasteiger charge is -2.31. The summed E-state index contributed by atoms with van der Waals surface area (Å²) in [7, 11) is 0. The molecule has 1 saturated heterocycles. The van der Waals surface area contributed by atoms with Crippen molar-refractivity contribution in [3.05, 3.63) is 30.1 Å². The molecule has 0 bridgehead atoms. The third-order valence-electron chi connectivity index (χ3n) is 3.72. The molecule has 3 rings (SSSR count). The van der Waals surface area contributed by atoms with Gasteiger partial charge >= 0.3 is 0 Å². The molecule has 2 aromatic rings. The summed E-state index contributed by atoms with van der Waals surface area (Å²) in [5.41, 5.74) is 6.98. The molecular weight excluding hydrogens is 268 g/mol. The molecule has 1 atom stereocenters. The maximum Gasteiger partial charge on any atom is 0.145 e. The molecule has 2 N–H and O–H groups in total. The number of aromatic nitrogens is 2. The zero-order valence-corrected chi connectivity index (χ0v) is 12.6. The molecule has 0 amide bonds. The molecule has 0 saturated carbocycles. The molecule has 0 radical (unpaired) electrons. The van der Waals surface area contributed by atoms with E-state index in [9.17, 15) is 0 Å². The normalized spacial score (nSPS) is 20.4. The summed E-state index contributed by atoms with van der Waals surface area (Å²) in [5, 5.41) is 1.68. The van der Waals surface area contributed by atoms with E-state index in [0.717, 1.165) is 41.6 Å². The molecule has 4 nitrogen and oxygen atoms in total. The maximum absolute atomic E-state index is 6.04. The summed E-state index contributed by atoms with van der Waals surface area (Å²) in [5.74, 6) is 2.62. The van der Waals surface area contributed by atoms with E-state index in [2.05, 4.69) is 33.6 Å². The molecule has 0 aliphatic carbocycles. The zero-order valence-electron chi connectivity index (χ0n) is 11.7. The number of fused-ring (bicyclic) bond motifs is 1. The van der Waals surface area contributed by atoms with Crippen LogP contribution in [-0.2, 0) is 6.54 Å². The standard InChI is InChI=1S/C15H20N4S/c1-2-11-9-19(7-8-20-11)10-14-17-13-6-4-3-5-12(13)15(16)18-14/h3-6,11H,2,7-10H2,1H3,(H2,16,17,18). The molecule has 1 fully saturated rings. The number of rotatable bonds is 3. The third-order valence-corrected chi connectivity index (χ3v) is 5.09. The van der Waals surface area contributed by atoms with Crippen LogP contribution < -0.4 is 5.73 Å². The van der Waals surface area contributed by atoms with Crippen LogP contribution in [0.4, 0.5) is 5.82 Å². The van der Waals surface area contributed by atoms with E-state index < -0.39 is 0 Å². The fraction of sp³-hybridized carbons (Fsp3) is 0.467. The molecule has 1 aromatic carbocycles. The van der Waals surface area contributed by atoms with Gasteiger partial charge in [0, 0.05) is 29.5 Å². The third kappa shape index (κ3) is 2.88. The average molecular weight is 288 g/mol. The Balaban J connectivity index is 1.80. The van der Waals surface area contributed by atoms with Gasteiger partial charge in [0.1, 0.15) is 11.6 Å². The predicted molar refractivity (Wildman–Crippen MR) is 85.8 cm³/mol. The SMILES string of the molecule is CCC1CN(Cc2nc(N)c3ccccc3n2)CCS1. The highest BCUT2D eigenvalue weighted by molar-refractivity contribution is 8.00. The Kier molecular flexibility index (Phi) is 4.08. The molecule has 1 unspecified atom stereocenters. The van der Waals surface area contributed by atoms with Crippen molar-refractivity contribution in [1.29, 1.82) is 0 Å². The Bertz CT molecular complexity index is 601. The molecule has 2 heterocycles. The maximum atomic E-state index is 6.04. The summed E-state index contributed by atoms with van der Waals surface area (Å²) < 4.78 is 0. The second-order valence-electron chi connectivity index (χ2n) is 5.18. The van der Waals surface area contributed by atoms with Gasteiger partial charge in [-0.05, 0) is 18.6 Å². The molecule has 20 heavy (non-hydrogen) atoms. The van der Waals surface area contributed by atoms with Gasteiger partial charge in [-0.3, -0.25) is 4.90 Å². The van der Waals surface area contributed by atoms with Crippen LogP contribution in [-0.4, -0.2) is 39.0 Å². The van der Waals surface area contributed by atoms with Crippen molar-refractivity contribution >= 4 is 28.5 Å². The average Bonchev–Trinajstić information content (AvgIpc) is 2.47. The van der Waals surface area contributed by atoms with Crippen LogP contribution in [0.3, 0.4) is 0 Å². The van der Waals surface area contributed by atoms with E-state index in [-0.39, 0.29) is 0 Å². The van der Waals surface area contributed by atoms with E-state index in [0.29, 0.717) is 5.82 Å². The first-order valence-corrected chi connectivity index (χ1v) is 8.16. The molecule has 1 aromatic heterocycles. The van der Waals surface area contributed by atoms with Gasteiger partial charge in [0.15, 0.2) is 0 Å². The van der Waals surface area contributed by atoms with Gasteiger partial charge in [-0.25, -0.2) is 9.97 Å². The number of hydrogen-bond donors (Lipinski definition) is 1. The Hall–Kier alpha value is -1.33. The molecule has 0 spiro atoms. The number of thioether (sulfide) groups is 1. The fourth-order valence-corrected chi connectivity index (χ4v) is 3.84. The van der Waals surface area contributed by atoms with Gasteiger partial charge in [0.25, 0.3) is 0 Å². The van der Waals surface area contributed by atoms with Crippen molar-refractivity contribution in [2.75, 3.05) is 24.6 Å². The highest BCUT2D eigenvalue weighted by atomic mass is 32.2. The van der Waals surface area contributed by atoms with Gasteiger partial charge in [-0.2, -0.15) is 11.8 Å². The Morgan fingerprint density at radius 2 is 2.20 bits per heavy atom. The number of nitrogens with zero attached hydrogens (tertiary/aromatic N) is 3. The number of nitrogen functional groups attached to an aromatic ring is 1. The molecule has 1 aliphatic heterocycles. The highest BCUT2D eigenvalue weighted by Crippen LogP contribution is 2.23. The first kappa shape index (κ1) is 13.6. The number of hydrogen-bond acceptors (Lipinski definition) is 5. The van der Waals surface area contributed by atoms with Crippen molar-refractivity contribution in [1.82, 2.24) is 14.9 Å². The van der Waals surface area contributed by atoms with Crippen molar-refractivity contribution in [3.8, 4) is 0 Å². The summed E-state index contributed by atoms with van der Waals surface area (Å²) >= 11 is 2.08. The zero-order chi connectivity index (χ0) is 13.9. The van der Waals surface area contributed by atoms with E-state index in [1.807, 2.05) is 24.3 Å². The van der Waals surface area contributed by atoms with Crippen LogP contribution in [0, 0.1) is 0 Å². The number of anilines is 1. The van der Waals surface area contributed by atoms with Crippen LogP contribution >= 0.6 is 11.8 Å². The highest BCUT2D eigenvalue weighted by Gasteiger charge is 2.20. The van der Waals surface area contributed by atoms with E-state index >= 15 is 0 Å². The summed E-state index contributed by atoms with van der Waals surface area (Å²) in [6.45, 7) is 5.28. The van der Waals surface area contributed by atoms with Crippen LogP contribution in [0.1, 0.15) is 19.2 Å². The second kappa shape index (κ2) is 5.97. The largest absolute Gasteiger partial charge is 0.383 e. The lowest BCUT2D eigenvalue weighted by Crippen LogP contribution is -2.37. The first-order valence-electron chi connectivity index (χ1n) is 7.11. The number of nitrogens with two attached hydrogens (primary N) is 1. The quantitative estimate of drug-likeness (QED) is 0.940. The Morgan fingerprint density at radius 1 is 1.35 bits per heavy atom. The van der Waals surface area contributed by atoms with E-state index in [1.54, 1.807) is 0 Å². The fourth-order valence-electron chi connectivity index (χ4n) is 2.59. The number of benzene rings is 1. The topological polar surface area (TPSA) is 55.0 Å². The van der Waals surface area contributed by atoms with Gasteiger partial charge in [-0.1, -0.05) is 19.1 Å². The first-order chi connectivity index (χ1) is 9.76. The van der Waals surface area contributed by atoms with Crippen molar-refractivity contribution in [2.45, 2.75) is 25.1 Å². The van der Waals surface area contributed by atoms with Crippen LogP contribution in [0.2, 0.25) is 0 Å². The molecule has 106 valence electrons. The minimum absolute atomic E-state index is 0.587. The minimum atomic E-state index is 0.587. The number of para-hydroxylation sites is 1. The lowest BCUT2D eigenvalue weighted by atomic mass is 10.2. The van der Waals surface area contributed by atoms with Gasteiger partial charge in [0.05, 0.1) is 12.1 Å². The summed E-state index contributed by atoms with van der Waals surface area (Å²) in [6.07, 6.45) is 1.22. The van der Waals surface area contributed by atoms with Crippen molar-refractivity contribution < 1.29 is 0 Å². The molecule has 5 heteroatoms. The Labute approximate surface area is 123 Å². The Morgan fingerprint density at radius 3 is 3.05 bits per heavy atom. The summed E-state index contributed by atoms with van der Waals surface area (Å²) in [6, 6.07) is 7.93. The minimum Gasteiger partial charge on any atom is -0.383 e. The molecule has 1 aliphatic rings. The monoisotopic (exact) mass is 288 g/mol. The van der Waals surface area contributed by atoms with Crippen molar-refractivity contribution in [2.24, 2.45) is 0 Å². The van der Waals surface area contributed by atoms with Gasteiger partial charge < -0.3 is 5.73 Å². The van der Waals surface area contributed by atoms with Gasteiger partial charge in [0.2, 0.25) is 0 Å². The van der Waals surface area contributed by atoms with E-state index in [1.165, 1.54) is 12.2 Å². The summed E-state index contributed by atoms with van der Waals surface area (Å²) in [4.78, 5) is 11.5. The van der Waals surface area contributed by atoms with Crippen molar-refractivity contribution in [3.63, 3.8) is 0 Å². The predicted octanol–water partition coefficient (Wildman–Crippen LogP) is 2.54. The molecular formula is C15H20N4S. The van der Waals surface area contributed by atoms with E-state index in [4.69, 9.17) is 5.73 Å². The van der Waals surface area contributed by atoms with Gasteiger partial charge in [-0.15, -0.1) is 0 Å². The van der Waals surface area contributed by atoms with Crippen LogP contribution in [0.15, 0.2) is 24.3 Å². The smallest absolute Gasteiger partial charge is 0.145 e. The lowest BCUT2D eigenvalue weighted by molar-refractivity contribution is 0.267. The van der Waals surface area contributed by atoms with Crippen LogP contribution in [0.25, 0.3) is 10.9 Å².